The molecule has 2 amide bonds. The van der Waals surface area contributed by atoms with Gasteiger partial charge in [-0.25, -0.2) is 8.42 Å². The average Bonchev–Trinajstić information content (AvgIpc) is 3.02. The summed E-state index contributed by atoms with van der Waals surface area (Å²) in [5.41, 5.74) is 2.80. The van der Waals surface area contributed by atoms with Gasteiger partial charge in [-0.1, -0.05) is 94.6 Å². The molecule has 0 aromatic heterocycles. The molecule has 0 saturated heterocycles. The van der Waals surface area contributed by atoms with Gasteiger partial charge in [0.15, 0.2) is 0 Å². The van der Waals surface area contributed by atoms with Crippen molar-refractivity contribution in [3.05, 3.63) is 129 Å². The molecule has 0 aliphatic heterocycles. The lowest BCUT2D eigenvalue weighted by Gasteiger charge is -2.34. The summed E-state index contributed by atoms with van der Waals surface area (Å²) in [6.07, 6.45) is 0.941. The summed E-state index contributed by atoms with van der Waals surface area (Å²) in [5, 5.41) is 3.53. The number of benzene rings is 4. The molecule has 2 atom stereocenters. The van der Waals surface area contributed by atoms with Crippen LogP contribution in [0.15, 0.2) is 112 Å². The Morgan fingerprint density at radius 2 is 1.53 bits per heavy atom. The van der Waals surface area contributed by atoms with Crippen LogP contribution in [0.5, 0.6) is 0 Å². The van der Waals surface area contributed by atoms with Gasteiger partial charge in [0.25, 0.3) is 10.0 Å². The highest BCUT2D eigenvalue weighted by Crippen LogP contribution is 2.27. The minimum Gasteiger partial charge on any atom is -0.352 e. The van der Waals surface area contributed by atoms with E-state index in [1.807, 2.05) is 57.2 Å². The number of carbonyl (C=O) groups is 2. The van der Waals surface area contributed by atoms with Crippen molar-refractivity contribution in [1.82, 2.24) is 10.2 Å². The quantitative estimate of drug-likeness (QED) is 0.160. The third kappa shape index (κ3) is 9.19. The first-order chi connectivity index (χ1) is 21.5. The molecule has 1 N–H and O–H groups in total. The second kappa shape index (κ2) is 15.6. The van der Waals surface area contributed by atoms with Crippen LogP contribution in [0.4, 0.5) is 5.69 Å². The molecule has 0 radical (unpaired) electrons. The van der Waals surface area contributed by atoms with Crippen LogP contribution in [0.2, 0.25) is 5.02 Å². The first-order valence-corrected chi connectivity index (χ1v) is 17.3. The maximum Gasteiger partial charge on any atom is 0.264 e. The van der Waals surface area contributed by atoms with E-state index in [-0.39, 0.29) is 29.8 Å². The molecule has 0 aliphatic carbocycles. The van der Waals surface area contributed by atoms with E-state index in [1.165, 1.54) is 17.0 Å². The predicted octanol–water partition coefficient (Wildman–Crippen LogP) is 7.16. The Morgan fingerprint density at radius 1 is 0.889 bits per heavy atom. The van der Waals surface area contributed by atoms with Gasteiger partial charge in [-0.3, -0.25) is 13.9 Å². The molecule has 4 aromatic carbocycles. The van der Waals surface area contributed by atoms with Crippen LogP contribution < -0.4 is 9.62 Å². The molecule has 0 heterocycles. The standard InChI is InChI=1S/C35H37BrClN3O4S/c1-4-26(3)38-35(42)33(22-27-9-6-5-7-10-27)39(23-28-11-8-12-30(37)21-28)34(41)24-40(31-17-15-29(36)16-18-31)45(43,44)32-19-13-25(2)14-20-32/h5-21,26,33H,4,22-24H2,1-3H3,(H,38,42)/t26-,33-/m0/s1. The lowest BCUT2D eigenvalue weighted by Crippen LogP contribution is -2.54. The van der Waals surface area contributed by atoms with Gasteiger partial charge in [0, 0.05) is 28.5 Å². The number of rotatable bonds is 13. The lowest BCUT2D eigenvalue weighted by molar-refractivity contribution is -0.140. The van der Waals surface area contributed by atoms with Crippen LogP contribution >= 0.6 is 27.5 Å². The van der Waals surface area contributed by atoms with Gasteiger partial charge >= 0.3 is 0 Å². The average molecular weight is 711 g/mol. The number of amides is 2. The van der Waals surface area contributed by atoms with Gasteiger partial charge in [-0.2, -0.15) is 0 Å². The number of hydrogen-bond donors (Lipinski definition) is 1. The van der Waals surface area contributed by atoms with E-state index in [4.69, 9.17) is 11.6 Å². The van der Waals surface area contributed by atoms with Crippen molar-refractivity contribution in [2.75, 3.05) is 10.8 Å². The fourth-order valence-corrected chi connectivity index (χ4v) is 6.69. The summed E-state index contributed by atoms with van der Waals surface area (Å²) >= 11 is 9.72. The highest BCUT2D eigenvalue weighted by molar-refractivity contribution is 9.10. The first kappa shape index (κ1) is 34.2. The smallest absolute Gasteiger partial charge is 0.264 e. The zero-order valence-corrected chi connectivity index (χ0v) is 28.6. The van der Waals surface area contributed by atoms with Crippen LogP contribution in [0.3, 0.4) is 0 Å². The Kier molecular flexibility index (Phi) is 11.8. The molecular formula is C35H37BrClN3O4S. The summed E-state index contributed by atoms with van der Waals surface area (Å²) in [6, 6.07) is 28.7. The number of halogens is 2. The van der Waals surface area contributed by atoms with Crippen LogP contribution in [0.25, 0.3) is 0 Å². The van der Waals surface area contributed by atoms with E-state index in [9.17, 15) is 18.0 Å². The zero-order chi connectivity index (χ0) is 32.6. The maximum atomic E-state index is 14.5. The molecule has 0 unspecified atom stereocenters. The molecule has 0 saturated carbocycles. The fraction of sp³-hybridized carbons (Fsp3) is 0.257. The summed E-state index contributed by atoms with van der Waals surface area (Å²) in [6.45, 7) is 5.27. The Labute approximate surface area is 279 Å². The zero-order valence-electron chi connectivity index (χ0n) is 25.5. The van der Waals surface area contributed by atoms with E-state index in [0.29, 0.717) is 22.7 Å². The number of nitrogens with one attached hydrogen (secondary N) is 1. The molecule has 0 fully saturated rings. The molecular weight excluding hydrogens is 674 g/mol. The van der Waals surface area contributed by atoms with E-state index < -0.39 is 28.5 Å². The number of hydrogen-bond acceptors (Lipinski definition) is 4. The van der Waals surface area contributed by atoms with Crippen molar-refractivity contribution < 1.29 is 18.0 Å². The third-order valence-electron chi connectivity index (χ3n) is 7.52. The van der Waals surface area contributed by atoms with Gasteiger partial charge in [0.05, 0.1) is 10.6 Å². The summed E-state index contributed by atoms with van der Waals surface area (Å²) < 4.78 is 30.1. The number of nitrogens with zero attached hydrogens (tertiary/aromatic N) is 2. The molecule has 0 bridgehead atoms. The maximum absolute atomic E-state index is 14.5. The second-order valence-electron chi connectivity index (χ2n) is 11.0. The molecule has 4 aromatic rings. The minimum absolute atomic E-state index is 0.0452. The summed E-state index contributed by atoms with van der Waals surface area (Å²) in [5.74, 6) is -0.853. The molecule has 7 nitrogen and oxygen atoms in total. The second-order valence-corrected chi connectivity index (χ2v) is 14.2. The largest absolute Gasteiger partial charge is 0.352 e. The molecule has 0 spiro atoms. The number of anilines is 1. The van der Waals surface area contributed by atoms with Crippen molar-refractivity contribution in [3.63, 3.8) is 0 Å². The van der Waals surface area contributed by atoms with Crippen molar-refractivity contribution in [1.29, 1.82) is 0 Å². The highest BCUT2D eigenvalue weighted by Gasteiger charge is 2.35. The summed E-state index contributed by atoms with van der Waals surface area (Å²) in [4.78, 5) is 29.9. The first-order valence-electron chi connectivity index (χ1n) is 14.7. The monoisotopic (exact) mass is 709 g/mol. The van der Waals surface area contributed by atoms with E-state index in [0.717, 1.165) is 19.9 Å². The van der Waals surface area contributed by atoms with E-state index in [1.54, 1.807) is 54.6 Å². The normalized spacial score (nSPS) is 12.6. The molecule has 4 rings (SSSR count). The van der Waals surface area contributed by atoms with E-state index in [2.05, 4.69) is 21.2 Å². The fourth-order valence-electron chi connectivity index (χ4n) is 4.80. The predicted molar refractivity (Wildman–Crippen MR) is 184 cm³/mol. The minimum atomic E-state index is -4.17. The number of sulfonamides is 1. The van der Waals surface area contributed by atoms with Crippen molar-refractivity contribution in [3.8, 4) is 0 Å². The Balaban J connectivity index is 1.80. The van der Waals surface area contributed by atoms with Gasteiger partial charge in [-0.05, 0) is 79.9 Å². The summed E-state index contributed by atoms with van der Waals surface area (Å²) in [7, 11) is -4.17. The highest BCUT2D eigenvalue weighted by atomic mass is 79.9. The number of aryl methyl sites for hydroxylation is 1. The molecule has 236 valence electrons. The van der Waals surface area contributed by atoms with E-state index >= 15 is 0 Å². The Bertz CT molecular complexity index is 1700. The van der Waals surface area contributed by atoms with Gasteiger partial charge in [0.2, 0.25) is 11.8 Å². The number of carbonyl (C=O) groups excluding carboxylic acids is 2. The van der Waals surface area contributed by atoms with Gasteiger partial charge < -0.3 is 10.2 Å². The SMILES string of the molecule is CC[C@H](C)NC(=O)[C@H](Cc1ccccc1)N(Cc1cccc(Cl)c1)C(=O)CN(c1ccc(Br)cc1)S(=O)(=O)c1ccc(C)cc1. The molecule has 0 aliphatic rings. The van der Waals surface area contributed by atoms with Crippen molar-refractivity contribution in [2.45, 2.75) is 57.1 Å². The van der Waals surface area contributed by atoms with Gasteiger partial charge in [-0.15, -0.1) is 0 Å². The van der Waals surface area contributed by atoms with Crippen molar-refractivity contribution in [2.24, 2.45) is 0 Å². The Hall–Kier alpha value is -3.66. The Morgan fingerprint density at radius 3 is 2.16 bits per heavy atom. The molecule has 10 heteroatoms. The molecule has 45 heavy (non-hydrogen) atoms. The van der Waals surface area contributed by atoms with Crippen molar-refractivity contribution >= 4 is 55.1 Å². The van der Waals surface area contributed by atoms with Crippen LogP contribution in [0.1, 0.15) is 37.0 Å². The van der Waals surface area contributed by atoms with Gasteiger partial charge in [0.1, 0.15) is 12.6 Å². The van der Waals surface area contributed by atoms with Crippen LogP contribution in [0, 0.1) is 6.92 Å². The van der Waals surface area contributed by atoms with Crippen LogP contribution in [-0.2, 0) is 32.6 Å². The third-order valence-corrected chi connectivity index (χ3v) is 10.1. The lowest BCUT2D eigenvalue weighted by atomic mass is 10.0. The topological polar surface area (TPSA) is 86.8 Å². The van der Waals surface area contributed by atoms with Crippen LogP contribution in [-0.4, -0.2) is 43.8 Å².